The zero-order valence-corrected chi connectivity index (χ0v) is 18.3. The number of nitrogens with zero attached hydrogens (tertiary/aromatic N) is 1. The Hall–Kier alpha value is -2.01. The number of carbonyl (C=O) groups excluding carboxylic acids is 2. The number of carbonyl (C=O) groups is 2. The van der Waals surface area contributed by atoms with Gasteiger partial charge in [-0.1, -0.05) is 23.2 Å². The Kier molecular flexibility index (Phi) is 6.27. The molecule has 2 amide bonds. The number of amides is 2. The lowest BCUT2D eigenvalue weighted by atomic mass is 9.98. The summed E-state index contributed by atoms with van der Waals surface area (Å²) in [7, 11) is -2.82. The van der Waals surface area contributed by atoms with Gasteiger partial charge in [-0.05, 0) is 36.2 Å². The lowest BCUT2D eigenvalue weighted by molar-refractivity contribution is -0.131. The number of anilines is 1. The van der Waals surface area contributed by atoms with E-state index < -0.39 is 34.3 Å². The number of rotatable bonds is 5. The third-order valence-electron chi connectivity index (χ3n) is 4.37. The van der Waals surface area contributed by atoms with Gasteiger partial charge < -0.3 is 15.8 Å². The van der Waals surface area contributed by atoms with Gasteiger partial charge in [-0.25, -0.2) is 12.7 Å². The van der Waals surface area contributed by atoms with Crippen LogP contribution in [0.25, 0.3) is 0 Å². The number of hydrogen-bond donors (Lipinski definition) is 2. The first-order valence-electron chi connectivity index (χ1n) is 8.34. The summed E-state index contributed by atoms with van der Waals surface area (Å²) in [6.07, 6.45) is 0.127. The predicted octanol–water partition coefficient (Wildman–Crippen LogP) is 2.15. The van der Waals surface area contributed by atoms with Gasteiger partial charge in [0.2, 0.25) is 11.8 Å². The van der Waals surface area contributed by atoms with E-state index in [1.807, 2.05) is 0 Å². The minimum Gasteiger partial charge on any atom is -0.496 e. The fraction of sp³-hybridized carbons (Fsp3) is 0.294. The molecule has 1 unspecified atom stereocenters. The topological polar surface area (TPSA) is 119 Å². The Morgan fingerprint density at radius 3 is 2.66 bits per heavy atom. The third kappa shape index (κ3) is 4.45. The lowest BCUT2D eigenvalue weighted by Gasteiger charge is -2.22. The van der Waals surface area contributed by atoms with Crippen LogP contribution in [0, 0.1) is 5.92 Å². The maximum Gasteiger partial charge on any atom is 0.276 e. The van der Waals surface area contributed by atoms with Crippen LogP contribution in [0.3, 0.4) is 0 Å². The smallest absolute Gasteiger partial charge is 0.276 e. The average molecular weight is 478 g/mol. The maximum atomic E-state index is 13.1. The van der Waals surface area contributed by atoms with Gasteiger partial charge in [-0.2, -0.15) is 0 Å². The minimum atomic E-state index is -4.30. The summed E-state index contributed by atoms with van der Waals surface area (Å²) < 4.78 is 31.8. The van der Waals surface area contributed by atoms with Crippen LogP contribution in [0.15, 0.2) is 28.5 Å². The van der Waals surface area contributed by atoms with Crippen LogP contribution < -0.4 is 15.8 Å². The molecule has 3 N–H and O–H groups in total. The summed E-state index contributed by atoms with van der Waals surface area (Å²) in [5, 5.41) is 3.02. The van der Waals surface area contributed by atoms with Gasteiger partial charge in [0.05, 0.1) is 18.7 Å². The van der Waals surface area contributed by atoms with E-state index in [1.54, 1.807) is 18.2 Å². The van der Waals surface area contributed by atoms with E-state index in [1.165, 1.54) is 13.2 Å². The van der Waals surface area contributed by atoms with Gasteiger partial charge in [-0.15, -0.1) is 11.3 Å². The van der Waals surface area contributed by atoms with Crippen molar-refractivity contribution < 1.29 is 22.7 Å². The van der Waals surface area contributed by atoms with Gasteiger partial charge in [0.15, 0.2) is 0 Å². The number of nitrogens with two attached hydrogens (primary N) is 1. The van der Waals surface area contributed by atoms with Gasteiger partial charge in [0.1, 0.15) is 20.8 Å². The zero-order chi connectivity index (χ0) is 21.3. The fourth-order valence-corrected chi connectivity index (χ4v) is 6.21. The Morgan fingerprint density at radius 2 is 2.03 bits per heavy atom. The highest BCUT2D eigenvalue weighted by Gasteiger charge is 2.39. The number of nitrogens with one attached hydrogen (secondary N) is 1. The number of benzene rings is 1. The molecule has 1 aromatic heterocycles. The van der Waals surface area contributed by atoms with Crippen LogP contribution in [-0.2, 0) is 26.0 Å². The van der Waals surface area contributed by atoms with Crippen LogP contribution in [0.2, 0.25) is 9.36 Å². The Morgan fingerprint density at radius 1 is 1.31 bits per heavy atom. The summed E-state index contributed by atoms with van der Waals surface area (Å²) in [6.45, 7) is -0.646. The van der Waals surface area contributed by atoms with E-state index in [0.29, 0.717) is 20.6 Å². The molecule has 12 heteroatoms. The molecular weight excluding hydrogens is 461 g/mol. The van der Waals surface area contributed by atoms with Gasteiger partial charge >= 0.3 is 0 Å². The quantitative estimate of drug-likeness (QED) is 0.680. The molecule has 8 nitrogen and oxygen atoms in total. The van der Waals surface area contributed by atoms with Crippen LogP contribution in [0.1, 0.15) is 5.56 Å². The van der Waals surface area contributed by atoms with Crippen LogP contribution in [0.4, 0.5) is 5.69 Å². The fourth-order valence-electron chi connectivity index (χ4n) is 2.92. The molecule has 1 aromatic carbocycles. The van der Waals surface area contributed by atoms with E-state index >= 15 is 0 Å². The SMILES string of the molecule is COc1ccc(Cl)cc1CC1CNC(=O)CN(S(=O)(=O)c2cc(N)c(Cl)s2)C1=O. The predicted molar refractivity (Wildman–Crippen MR) is 111 cm³/mol. The number of hydrogen-bond acceptors (Lipinski definition) is 7. The molecule has 3 rings (SSSR count). The molecule has 0 saturated carbocycles. The third-order valence-corrected chi connectivity index (χ3v) is 8.19. The lowest BCUT2D eigenvalue weighted by Crippen LogP contribution is -2.42. The second-order valence-electron chi connectivity index (χ2n) is 6.31. The number of nitrogen functional groups attached to an aromatic ring is 1. The Balaban J connectivity index is 1.96. The van der Waals surface area contributed by atoms with Crippen molar-refractivity contribution in [2.24, 2.45) is 5.92 Å². The van der Waals surface area contributed by atoms with E-state index in [4.69, 9.17) is 33.7 Å². The maximum absolute atomic E-state index is 13.1. The first-order valence-corrected chi connectivity index (χ1v) is 11.3. The number of thiophene rings is 1. The molecule has 0 spiro atoms. The molecule has 29 heavy (non-hydrogen) atoms. The summed E-state index contributed by atoms with van der Waals surface area (Å²) in [6, 6.07) is 6.11. The van der Waals surface area contributed by atoms with Gasteiger partial charge in [-0.3, -0.25) is 9.59 Å². The van der Waals surface area contributed by atoms with Crippen LogP contribution >= 0.6 is 34.5 Å². The average Bonchev–Trinajstić information content (AvgIpc) is 2.94. The molecule has 1 aliphatic heterocycles. The van der Waals surface area contributed by atoms with Crippen molar-refractivity contribution in [3.05, 3.63) is 39.2 Å². The molecule has 1 saturated heterocycles. The summed E-state index contributed by atoms with van der Waals surface area (Å²) >= 11 is 12.6. The number of sulfonamides is 1. The summed E-state index contributed by atoms with van der Waals surface area (Å²) in [5.41, 5.74) is 6.35. The van der Waals surface area contributed by atoms with Crippen molar-refractivity contribution in [1.82, 2.24) is 9.62 Å². The van der Waals surface area contributed by atoms with Crippen molar-refractivity contribution in [3.8, 4) is 5.75 Å². The molecule has 0 radical (unpaired) electrons. The van der Waals surface area contributed by atoms with E-state index in [0.717, 1.165) is 11.3 Å². The highest BCUT2D eigenvalue weighted by atomic mass is 35.5. The molecule has 0 aliphatic carbocycles. The van der Waals surface area contributed by atoms with Crippen molar-refractivity contribution in [1.29, 1.82) is 0 Å². The zero-order valence-electron chi connectivity index (χ0n) is 15.1. The molecular formula is C17H17Cl2N3O5S2. The normalized spacial score (nSPS) is 17.8. The first-order chi connectivity index (χ1) is 13.6. The van der Waals surface area contributed by atoms with Gasteiger partial charge in [0.25, 0.3) is 10.0 Å². The Bertz CT molecular complexity index is 1050. The second kappa shape index (κ2) is 8.39. The Labute approximate surface area is 181 Å². The number of methoxy groups -OCH3 is 1. The monoisotopic (exact) mass is 477 g/mol. The van der Waals surface area contributed by atoms with Crippen molar-refractivity contribution in [2.75, 3.05) is 25.9 Å². The van der Waals surface area contributed by atoms with Crippen molar-refractivity contribution in [2.45, 2.75) is 10.6 Å². The van der Waals surface area contributed by atoms with Crippen molar-refractivity contribution >= 4 is 62.1 Å². The first kappa shape index (κ1) is 21.7. The largest absolute Gasteiger partial charge is 0.496 e. The standard InChI is InChI=1S/C17H17Cl2N3O5S2/c1-27-13-3-2-11(18)5-9(13)4-10-7-21-14(23)8-22(17(10)24)29(25,26)15-6-12(20)16(19)28-15/h2-3,5-6,10H,4,7-8,20H2,1H3,(H,21,23). The van der Waals surface area contributed by atoms with Crippen LogP contribution in [0.5, 0.6) is 5.75 Å². The van der Waals surface area contributed by atoms with E-state index in [9.17, 15) is 18.0 Å². The van der Waals surface area contributed by atoms with Crippen molar-refractivity contribution in [3.63, 3.8) is 0 Å². The number of ether oxygens (including phenoxy) is 1. The highest BCUT2D eigenvalue weighted by molar-refractivity contribution is 7.91. The molecule has 1 aliphatic rings. The van der Waals surface area contributed by atoms with Crippen LogP contribution in [-0.4, -0.2) is 44.7 Å². The minimum absolute atomic E-state index is 0.0211. The molecule has 2 aromatic rings. The number of halogens is 2. The van der Waals surface area contributed by atoms with E-state index in [-0.39, 0.29) is 27.2 Å². The molecule has 156 valence electrons. The summed E-state index contributed by atoms with van der Waals surface area (Å²) in [4.78, 5) is 25.2. The molecule has 1 atom stereocenters. The summed E-state index contributed by atoms with van der Waals surface area (Å²) in [5.74, 6) is -1.63. The van der Waals surface area contributed by atoms with Gasteiger partial charge in [0, 0.05) is 11.6 Å². The second-order valence-corrected chi connectivity index (χ2v) is 10.5. The molecule has 1 fully saturated rings. The molecule has 2 heterocycles. The molecule has 0 bridgehead atoms. The highest BCUT2D eigenvalue weighted by Crippen LogP contribution is 2.35. The van der Waals surface area contributed by atoms with E-state index in [2.05, 4.69) is 5.32 Å².